The number of aliphatic hydroxyl groups is 1. The maximum Gasteiger partial charge on any atom is 0.237 e. The molecule has 0 bridgehead atoms. The molecule has 2 rings (SSSR count). The molecule has 1 saturated heterocycles. The molecule has 0 unspecified atom stereocenters. The number of carbonyl (C=O) groups is 1. The summed E-state index contributed by atoms with van der Waals surface area (Å²) in [5.41, 5.74) is 1.00. The van der Waals surface area contributed by atoms with E-state index in [9.17, 15) is 9.90 Å². The van der Waals surface area contributed by atoms with Crippen molar-refractivity contribution in [2.75, 3.05) is 6.54 Å². The van der Waals surface area contributed by atoms with Crippen LogP contribution < -0.4 is 10.6 Å². The van der Waals surface area contributed by atoms with Gasteiger partial charge < -0.3 is 15.7 Å². The van der Waals surface area contributed by atoms with Crippen LogP contribution in [0, 0.1) is 0 Å². The molecule has 1 aromatic rings. The van der Waals surface area contributed by atoms with Gasteiger partial charge in [-0.1, -0.05) is 23.7 Å². The molecule has 4 nitrogen and oxygen atoms in total. The Morgan fingerprint density at radius 1 is 1.47 bits per heavy atom. The summed E-state index contributed by atoms with van der Waals surface area (Å²) >= 11 is 5.77. The smallest absolute Gasteiger partial charge is 0.237 e. The van der Waals surface area contributed by atoms with Gasteiger partial charge in [-0.05, 0) is 24.1 Å². The molecule has 92 valence electrons. The van der Waals surface area contributed by atoms with E-state index in [1.54, 1.807) is 12.1 Å². The lowest BCUT2D eigenvalue weighted by Gasteiger charge is -2.10. The van der Waals surface area contributed by atoms with E-state index in [0.717, 1.165) is 5.56 Å². The Balaban J connectivity index is 1.82. The number of β-amino-alcohol motifs (C(OH)–C–C–N with tert-alkyl or cyclic N) is 1. The highest BCUT2D eigenvalue weighted by Crippen LogP contribution is 2.10. The van der Waals surface area contributed by atoms with Crippen LogP contribution in [0.5, 0.6) is 0 Å². The van der Waals surface area contributed by atoms with Crippen molar-refractivity contribution in [1.82, 2.24) is 10.6 Å². The van der Waals surface area contributed by atoms with Crippen molar-refractivity contribution in [3.8, 4) is 0 Å². The lowest BCUT2D eigenvalue weighted by molar-refractivity contribution is -0.123. The van der Waals surface area contributed by atoms with Crippen LogP contribution in [0.25, 0.3) is 0 Å². The van der Waals surface area contributed by atoms with E-state index in [1.165, 1.54) is 0 Å². The van der Waals surface area contributed by atoms with Crippen molar-refractivity contribution < 1.29 is 9.90 Å². The van der Waals surface area contributed by atoms with Crippen molar-refractivity contribution >= 4 is 17.5 Å². The summed E-state index contributed by atoms with van der Waals surface area (Å²) in [7, 11) is 0. The summed E-state index contributed by atoms with van der Waals surface area (Å²) in [5, 5.41) is 15.8. The normalized spacial score (nSPS) is 23.6. The van der Waals surface area contributed by atoms with Crippen LogP contribution in [0.3, 0.4) is 0 Å². The van der Waals surface area contributed by atoms with E-state index in [4.69, 9.17) is 11.6 Å². The molecule has 0 radical (unpaired) electrons. The van der Waals surface area contributed by atoms with Crippen molar-refractivity contribution in [2.24, 2.45) is 0 Å². The Morgan fingerprint density at radius 2 is 2.18 bits per heavy atom. The second-order valence-electron chi connectivity index (χ2n) is 4.19. The van der Waals surface area contributed by atoms with Gasteiger partial charge in [0.1, 0.15) is 0 Å². The van der Waals surface area contributed by atoms with Gasteiger partial charge in [-0.3, -0.25) is 4.79 Å². The fourth-order valence-corrected chi connectivity index (χ4v) is 1.96. The lowest BCUT2D eigenvalue weighted by Crippen LogP contribution is -2.39. The predicted molar refractivity (Wildman–Crippen MR) is 65.7 cm³/mol. The van der Waals surface area contributed by atoms with Gasteiger partial charge >= 0.3 is 0 Å². The summed E-state index contributed by atoms with van der Waals surface area (Å²) in [6, 6.07) is 7.05. The Labute approximate surface area is 105 Å². The number of rotatable bonds is 3. The molecule has 1 aromatic carbocycles. The van der Waals surface area contributed by atoms with Crippen molar-refractivity contribution in [3.63, 3.8) is 0 Å². The molecule has 0 saturated carbocycles. The summed E-state index contributed by atoms with van der Waals surface area (Å²) in [4.78, 5) is 11.7. The number of carbonyl (C=O) groups excluding carboxylic acids is 1. The van der Waals surface area contributed by atoms with Crippen LogP contribution in [-0.2, 0) is 11.3 Å². The Hall–Kier alpha value is -1.10. The van der Waals surface area contributed by atoms with Crippen LogP contribution >= 0.6 is 11.6 Å². The minimum absolute atomic E-state index is 0.0727. The Bertz CT molecular complexity index is 394. The third kappa shape index (κ3) is 3.43. The molecule has 5 heteroatoms. The van der Waals surface area contributed by atoms with E-state index in [1.807, 2.05) is 12.1 Å². The highest BCUT2D eigenvalue weighted by molar-refractivity contribution is 6.30. The summed E-state index contributed by atoms with van der Waals surface area (Å²) in [5.74, 6) is -0.0727. The van der Waals surface area contributed by atoms with Gasteiger partial charge in [0.05, 0.1) is 12.1 Å². The van der Waals surface area contributed by atoms with Gasteiger partial charge in [0.2, 0.25) is 5.91 Å². The average Bonchev–Trinajstić information content (AvgIpc) is 2.75. The first-order valence-electron chi connectivity index (χ1n) is 5.59. The number of hydrogen-bond donors (Lipinski definition) is 3. The minimum atomic E-state index is -0.415. The zero-order valence-electron chi connectivity index (χ0n) is 9.32. The van der Waals surface area contributed by atoms with E-state index in [-0.39, 0.29) is 11.9 Å². The first kappa shape index (κ1) is 12.4. The van der Waals surface area contributed by atoms with Gasteiger partial charge in [-0.15, -0.1) is 0 Å². The Kier molecular flexibility index (Phi) is 3.99. The van der Waals surface area contributed by atoms with Gasteiger partial charge in [-0.2, -0.15) is 0 Å². The van der Waals surface area contributed by atoms with E-state index < -0.39 is 6.10 Å². The van der Waals surface area contributed by atoms with Crippen LogP contribution in [0.1, 0.15) is 12.0 Å². The van der Waals surface area contributed by atoms with Gasteiger partial charge in [-0.25, -0.2) is 0 Å². The van der Waals surface area contributed by atoms with Crippen molar-refractivity contribution in [1.29, 1.82) is 0 Å². The first-order chi connectivity index (χ1) is 8.15. The lowest BCUT2D eigenvalue weighted by atomic mass is 10.2. The summed E-state index contributed by atoms with van der Waals surface area (Å²) in [6.45, 7) is 0.962. The molecule has 1 aliphatic heterocycles. The number of benzene rings is 1. The SMILES string of the molecule is O=C(NCc1ccc(Cl)cc1)[C@H]1C[C@H](O)CN1. The number of nitrogens with one attached hydrogen (secondary N) is 2. The van der Waals surface area contributed by atoms with Crippen molar-refractivity contribution in [3.05, 3.63) is 34.9 Å². The molecule has 0 aromatic heterocycles. The zero-order chi connectivity index (χ0) is 12.3. The monoisotopic (exact) mass is 254 g/mol. The third-order valence-corrected chi connectivity index (χ3v) is 3.06. The molecular weight excluding hydrogens is 240 g/mol. The second-order valence-corrected chi connectivity index (χ2v) is 4.63. The number of aliphatic hydroxyl groups excluding tert-OH is 1. The molecule has 1 heterocycles. The van der Waals surface area contributed by atoms with E-state index in [2.05, 4.69) is 10.6 Å². The van der Waals surface area contributed by atoms with Crippen LogP contribution in [0.4, 0.5) is 0 Å². The average molecular weight is 255 g/mol. The molecule has 1 fully saturated rings. The molecule has 17 heavy (non-hydrogen) atoms. The summed E-state index contributed by atoms with van der Waals surface area (Å²) < 4.78 is 0. The topological polar surface area (TPSA) is 61.4 Å². The van der Waals surface area contributed by atoms with Crippen LogP contribution in [-0.4, -0.2) is 29.7 Å². The molecule has 1 amide bonds. The molecule has 0 aliphatic carbocycles. The standard InChI is InChI=1S/C12H15ClN2O2/c13-9-3-1-8(2-4-9)6-15-12(17)11-5-10(16)7-14-11/h1-4,10-11,14,16H,5-7H2,(H,15,17)/t10-,11+/m0/s1. The fourth-order valence-electron chi connectivity index (χ4n) is 1.83. The van der Waals surface area contributed by atoms with Gasteiger partial charge in [0.15, 0.2) is 0 Å². The minimum Gasteiger partial charge on any atom is -0.392 e. The predicted octanol–water partition coefficient (Wildman–Crippen LogP) is 0.679. The molecule has 0 spiro atoms. The quantitative estimate of drug-likeness (QED) is 0.743. The fraction of sp³-hybridized carbons (Fsp3) is 0.417. The van der Waals surface area contributed by atoms with Crippen LogP contribution in [0.2, 0.25) is 5.02 Å². The number of amides is 1. The largest absolute Gasteiger partial charge is 0.392 e. The maximum absolute atomic E-state index is 11.7. The van der Waals surface area contributed by atoms with Crippen molar-refractivity contribution in [2.45, 2.75) is 25.1 Å². The highest BCUT2D eigenvalue weighted by Gasteiger charge is 2.27. The molecular formula is C12H15ClN2O2. The van der Waals surface area contributed by atoms with Gasteiger partial charge in [0, 0.05) is 18.1 Å². The molecule has 3 N–H and O–H groups in total. The maximum atomic E-state index is 11.7. The molecule has 2 atom stereocenters. The molecule has 1 aliphatic rings. The second kappa shape index (κ2) is 5.49. The Morgan fingerprint density at radius 3 is 2.76 bits per heavy atom. The van der Waals surface area contributed by atoms with E-state index >= 15 is 0 Å². The van der Waals surface area contributed by atoms with Gasteiger partial charge in [0.25, 0.3) is 0 Å². The van der Waals surface area contributed by atoms with E-state index in [0.29, 0.717) is 24.5 Å². The third-order valence-electron chi connectivity index (χ3n) is 2.80. The highest BCUT2D eigenvalue weighted by atomic mass is 35.5. The summed E-state index contributed by atoms with van der Waals surface area (Å²) in [6.07, 6.45) is 0.0631. The number of hydrogen-bond acceptors (Lipinski definition) is 3. The first-order valence-corrected chi connectivity index (χ1v) is 5.96. The van der Waals surface area contributed by atoms with Crippen LogP contribution in [0.15, 0.2) is 24.3 Å². The zero-order valence-corrected chi connectivity index (χ0v) is 10.1. The number of halogens is 1.